The number of aromatic nitrogens is 1. The van der Waals surface area contributed by atoms with Crippen molar-refractivity contribution in [3.63, 3.8) is 0 Å². The van der Waals surface area contributed by atoms with Crippen LogP contribution in [0, 0.1) is 5.41 Å². The molecule has 1 aromatic heterocycles. The van der Waals surface area contributed by atoms with Gasteiger partial charge in [-0.3, -0.25) is 9.98 Å². The highest BCUT2D eigenvalue weighted by Crippen LogP contribution is 2.27. The number of nitrogens with one attached hydrogen (secondary N) is 1. The van der Waals surface area contributed by atoms with Crippen molar-refractivity contribution in [2.24, 2.45) is 10.4 Å². The molecule has 3 nitrogen and oxygen atoms in total. The van der Waals surface area contributed by atoms with Crippen LogP contribution in [0.3, 0.4) is 0 Å². The van der Waals surface area contributed by atoms with Gasteiger partial charge in [0.2, 0.25) is 0 Å². The maximum atomic E-state index is 4.59. The van der Waals surface area contributed by atoms with E-state index < -0.39 is 0 Å². The van der Waals surface area contributed by atoms with Crippen LogP contribution in [0.2, 0.25) is 0 Å². The van der Waals surface area contributed by atoms with Gasteiger partial charge in [0.25, 0.3) is 0 Å². The zero-order valence-corrected chi connectivity index (χ0v) is 11.4. The van der Waals surface area contributed by atoms with Gasteiger partial charge in [-0.05, 0) is 24.5 Å². The van der Waals surface area contributed by atoms with Crippen molar-refractivity contribution in [3.05, 3.63) is 30.1 Å². The average Bonchev–Trinajstić information content (AvgIpc) is 2.33. The Balaban J connectivity index is 1.96. The van der Waals surface area contributed by atoms with Gasteiger partial charge in [-0.2, -0.15) is 0 Å². The van der Waals surface area contributed by atoms with E-state index in [1.165, 1.54) is 0 Å². The van der Waals surface area contributed by atoms with E-state index in [1.807, 2.05) is 24.4 Å². The summed E-state index contributed by atoms with van der Waals surface area (Å²) in [5.41, 5.74) is 1.38. The molecule has 2 rings (SSSR count). The Morgan fingerprint density at radius 3 is 2.82 bits per heavy atom. The fourth-order valence-electron chi connectivity index (χ4n) is 1.62. The molecule has 0 aliphatic carbocycles. The molecule has 0 radical (unpaired) electrons. The van der Waals surface area contributed by atoms with Gasteiger partial charge >= 0.3 is 0 Å². The molecule has 92 valence electrons. The first-order chi connectivity index (χ1) is 8.07. The third kappa shape index (κ3) is 3.46. The lowest BCUT2D eigenvalue weighted by atomic mass is 9.97. The van der Waals surface area contributed by atoms with Crippen molar-refractivity contribution in [2.75, 3.05) is 12.3 Å². The Bertz CT molecular complexity index is 400. The van der Waals surface area contributed by atoms with Gasteiger partial charge in [0.1, 0.15) is 0 Å². The highest BCUT2D eigenvalue weighted by atomic mass is 32.2. The summed E-state index contributed by atoms with van der Waals surface area (Å²) in [5, 5.41) is 4.47. The van der Waals surface area contributed by atoms with Crippen LogP contribution in [0.25, 0.3) is 0 Å². The molecule has 1 unspecified atom stereocenters. The van der Waals surface area contributed by atoms with Crippen molar-refractivity contribution in [1.29, 1.82) is 0 Å². The molecule has 0 fully saturated rings. The van der Waals surface area contributed by atoms with E-state index in [1.54, 1.807) is 11.8 Å². The molecule has 4 heteroatoms. The van der Waals surface area contributed by atoms with E-state index in [0.29, 0.717) is 5.41 Å². The van der Waals surface area contributed by atoms with E-state index >= 15 is 0 Å². The monoisotopic (exact) mass is 249 g/mol. The van der Waals surface area contributed by atoms with Crippen LogP contribution in [0.15, 0.2) is 29.4 Å². The molecule has 0 saturated carbocycles. The predicted molar refractivity (Wildman–Crippen MR) is 74.3 cm³/mol. The van der Waals surface area contributed by atoms with Gasteiger partial charge in [0, 0.05) is 18.5 Å². The summed E-state index contributed by atoms with van der Waals surface area (Å²) in [6, 6.07) is 6.20. The second-order valence-corrected chi connectivity index (χ2v) is 6.16. The molecule has 1 N–H and O–H groups in total. The highest BCUT2D eigenvalue weighted by Gasteiger charge is 2.24. The van der Waals surface area contributed by atoms with Gasteiger partial charge in [-0.25, -0.2) is 0 Å². The Morgan fingerprint density at radius 2 is 2.24 bits per heavy atom. The second kappa shape index (κ2) is 5.08. The first-order valence-electron chi connectivity index (χ1n) is 5.91. The van der Waals surface area contributed by atoms with E-state index in [0.717, 1.165) is 23.2 Å². The van der Waals surface area contributed by atoms with Crippen LogP contribution in [0.5, 0.6) is 0 Å². The summed E-state index contributed by atoms with van der Waals surface area (Å²) in [7, 11) is 0. The molecule has 17 heavy (non-hydrogen) atoms. The van der Waals surface area contributed by atoms with Crippen molar-refractivity contribution in [1.82, 2.24) is 10.3 Å². The van der Waals surface area contributed by atoms with Crippen LogP contribution < -0.4 is 5.32 Å². The van der Waals surface area contributed by atoms with Crippen molar-refractivity contribution in [3.8, 4) is 0 Å². The van der Waals surface area contributed by atoms with Crippen molar-refractivity contribution < 1.29 is 0 Å². The van der Waals surface area contributed by atoms with Gasteiger partial charge in [-0.1, -0.05) is 31.7 Å². The summed E-state index contributed by atoms with van der Waals surface area (Å²) < 4.78 is 0. The SMILES string of the molecule is CC(NC1=NCC(C)(C)CS1)c1ccccn1. The number of hydrogen-bond acceptors (Lipinski definition) is 4. The van der Waals surface area contributed by atoms with E-state index in [4.69, 9.17) is 0 Å². The van der Waals surface area contributed by atoms with Gasteiger partial charge in [0.05, 0.1) is 11.7 Å². The van der Waals surface area contributed by atoms with E-state index in [9.17, 15) is 0 Å². The lowest BCUT2D eigenvalue weighted by Gasteiger charge is -2.28. The number of pyridine rings is 1. The Kier molecular flexibility index (Phi) is 3.72. The van der Waals surface area contributed by atoms with Crippen LogP contribution in [0.1, 0.15) is 32.5 Å². The lowest BCUT2D eigenvalue weighted by Crippen LogP contribution is -2.32. The molecule has 0 saturated heterocycles. The maximum absolute atomic E-state index is 4.59. The summed E-state index contributed by atoms with van der Waals surface area (Å²) in [6.45, 7) is 7.52. The molecule has 0 aromatic carbocycles. The maximum Gasteiger partial charge on any atom is 0.157 e. The predicted octanol–water partition coefficient (Wildman–Crippen LogP) is 2.86. The number of hydrogen-bond donors (Lipinski definition) is 1. The Hall–Kier alpha value is -1.03. The van der Waals surface area contributed by atoms with Gasteiger partial charge < -0.3 is 5.32 Å². The minimum absolute atomic E-state index is 0.212. The van der Waals surface area contributed by atoms with E-state index in [-0.39, 0.29) is 6.04 Å². The zero-order valence-electron chi connectivity index (χ0n) is 10.6. The van der Waals surface area contributed by atoms with Gasteiger partial charge in [0.15, 0.2) is 5.17 Å². The van der Waals surface area contributed by atoms with Gasteiger partial charge in [-0.15, -0.1) is 0 Å². The molecule has 0 bridgehead atoms. The van der Waals surface area contributed by atoms with E-state index in [2.05, 4.69) is 36.1 Å². The molecule has 2 heterocycles. The topological polar surface area (TPSA) is 37.3 Å². The zero-order chi connectivity index (χ0) is 12.3. The van der Waals surface area contributed by atoms with Crippen LogP contribution in [-0.4, -0.2) is 22.4 Å². The Morgan fingerprint density at radius 1 is 1.41 bits per heavy atom. The number of amidine groups is 1. The minimum Gasteiger partial charge on any atom is -0.357 e. The molecule has 0 amide bonds. The fourth-order valence-corrected chi connectivity index (χ4v) is 2.65. The summed E-state index contributed by atoms with van der Waals surface area (Å²) in [4.78, 5) is 8.93. The average molecular weight is 249 g/mol. The quantitative estimate of drug-likeness (QED) is 0.875. The lowest BCUT2D eigenvalue weighted by molar-refractivity contribution is 0.436. The standard InChI is InChI=1S/C13H19N3S/c1-10(11-6-4-5-7-14-11)16-12-15-8-13(2,3)9-17-12/h4-7,10H,8-9H2,1-3H3,(H,15,16). The first kappa shape index (κ1) is 12.4. The third-order valence-electron chi connectivity index (χ3n) is 2.72. The Labute approximate surface area is 107 Å². The summed E-state index contributed by atoms with van der Waals surface area (Å²) in [6.07, 6.45) is 1.83. The van der Waals surface area contributed by atoms with Crippen LogP contribution in [-0.2, 0) is 0 Å². The minimum atomic E-state index is 0.212. The smallest absolute Gasteiger partial charge is 0.157 e. The molecule has 1 aliphatic rings. The van der Waals surface area contributed by atoms with Crippen LogP contribution in [0.4, 0.5) is 0 Å². The molecule has 0 spiro atoms. The van der Waals surface area contributed by atoms with Crippen molar-refractivity contribution >= 4 is 16.9 Å². The third-order valence-corrected chi connectivity index (χ3v) is 4.17. The van der Waals surface area contributed by atoms with Crippen LogP contribution >= 0.6 is 11.8 Å². The molecule has 1 aromatic rings. The largest absolute Gasteiger partial charge is 0.357 e. The fraction of sp³-hybridized carbons (Fsp3) is 0.538. The second-order valence-electron chi connectivity index (χ2n) is 5.19. The van der Waals surface area contributed by atoms with Crippen molar-refractivity contribution in [2.45, 2.75) is 26.8 Å². The number of thioether (sulfide) groups is 1. The summed E-state index contributed by atoms with van der Waals surface area (Å²) >= 11 is 1.80. The summed E-state index contributed by atoms with van der Waals surface area (Å²) in [5.74, 6) is 1.12. The molecule has 1 aliphatic heterocycles. The molecular weight excluding hydrogens is 230 g/mol. The first-order valence-corrected chi connectivity index (χ1v) is 6.90. The molecule has 1 atom stereocenters. The molecular formula is C13H19N3S. The normalized spacial score (nSPS) is 20.5. The number of aliphatic imine (C=N–C) groups is 1. The number of nitrogens with zero attached hydrogens (tertiary/aromatic N) is 2. The number of rotatable bonds is 2. The highest BCUT2D eigenvalue weighted by molar-refractivity contribution is 8.13.